The van der Waals surface area contributed by atoms with E-state index in [2.05, 4.69) is 15.3 Å². The number of rotatable bonds is 2. The van der Waals surface area contributed by atoms with Crippen molar-refractivity contribution in [1.29, 1.82) is 0 Å². The molecule has 5 heteroatoms. The van der Waals surface area contributed by atoms with Crippen LogP contribution in [-0.4, -0.2) is 22.1 Å². The van der Waals surface area contributed by atoms with Gasteiger partial charge >= 0.3 is 0 Å². The summed E-state index contributed by atoms with van der Waals surface area (Å²) in [6.07, 6.45) is 0.952. The van der Waals surface area contributed by atoms with Gasteiger partial charge in [0, 0.05) is 18.2 Å². The molecule has 0 saturated heterocycles. The first-order valence-corrected chi connectivity index (χ1v) is 4.25. The van der Waals surface area contributed by atoms with E-state index in [9.17, 15) is 4.79 Å². The van der Waals surface area contributed by atoms with Crippen molar-refractivity contribution in [2.45, 2.75) is 25.4 Å². The molecular weight excluding hydrogens is 168 g/mol. The summed E-state index contributed by atoms with van der Waals surface area (Å²) in [5.41, 5.74) is 5.48. The van der Waals surface area contributed by atoms with Gasteiger partial charge in [-0.05, 0) is 13.3 Å². The number of anilines is 1. The molecule has 1 aliphatic rings. The molecule has 4 N–H and O–H groups in total. The van der Waals surface area contributed by atoms with Crippen molar-refractivity contribution in [3.63, 3.8) is 0 Å². The molecular formula is C8H12N4O. The van der Waals surface area contributed by atoms with E-state index < -0.39 is 0 Å². The Hall–Kier alpha value is -1.36. The highest BCUT2D eigenvalue weighted by molar-refractivity contribution is 5.37. The Morgan fingerprint density at radius 1 is 1.77 bits per heavy atom. The Morgan fingerprint density at radius 3 is 3.00 bits per heavy atom. The molecule has 0 aliphatic heterocycles. The van der Waals surface area contributed by atoms with Gasteiger partial charge in [0.1, 0.15) is 11.6 Å². The standard InChI is InChI=1S/C8H12N4O/c1-4-10-7(3-8(13)11-4)12-6-2-5(6)9/h3,5-6H,2,9H2,1H3,(H2,10,11,12,13). The van der Waals surface area contributed by atoms with Gasteiger partial charge in [-0.2, -0.15) is 0 Å². The third-order valence-electron chi connectivity index (χ3n) is 2.03. The normalized spacial score (nSPS) is 25.7. The number of nitrogens with zero attached hydrogens (tertiary/aromatic N) is 1. The van der Waals surface area contributed by atoms with Crippen LogP contribution < -0.4 is 16.6 Å². The second kappa shape index (κ2) is 2.85. The van der Waals surface area contributed by atoms with E-state index in [0.29, 0.717) is 11.6 Å². The third kappa shape index (κ3) is 1.86. The summed E-state index contributed by atoms with van der Waals surface area (Å²) in [6.45, 7) is 1.75. The smallest absolute Gasteiger partial charge is 0.252 e. The molecule has 1 saturated carbocycles. The fraction of sp³-hybridized carbons (Fsp3) is 0.500. The van der Waals surface area contributed by atoms with Crippen molar-refractivity contribution in [2.24, 2.45) is 5.73 Å². The van der Waals surface area contributed by atoms with E-state index in [-0.39, 0.29) is 17.6 Å². The molecule has 2 rings (SSSR count). The maximum absolute atomic E-state index is 11.0. The summed E-state index contributed by atoms with van der Waals surface area (Å²) in [5.74, 6) is 1.23. The molecule has 13 heavy (non-hydrogen) atoms. The molecule has 70 valence electrons. The van der Waals surface area contributed by atoms with Crippen molar-refractivity contribution < 1.29 is 0 Å². The Morgan fingerprint density at radius 2 is 2.46 bits per heavy atom. The molecule has 1 aromatic heterocycles. The van der Waals surface area contributed by atoms with Gasteiger partial charge in [-0.15, -0.1) is 0 Å². The Kier molecular flexibility index (Phi) is 1.81. The molecule has 1 heterocycles. The fourth-order valence-corrected chi connectivity index (χ4v) is 1.22. The summed E-state index contributed by atoms with van der Waals surface area (Å²) in [4.78, 5) is 17.7. The number of nitrogens with two attached hydrogens (primary N) is 1. The van der Waals surface area contributed by atoms with Crippen molar-refractivity contribution in [1.82, 2.24) is 9.97 Å². The quantitative estimate of drug-likeness (QED) is 0.577. The molecule has 1 aliphatic carbocycles. The Balaban J connectivity index is 2.16. The first-order valence-electron chi connectivity index (χ1n) is 4.25. The summed E-state index contributed by atoms with van der Waals surface area (Å²) in [5, 5.41) is 3.09. The van der Waals surface area contributed by atoms with E-state index in [4.69, 9.17) is 5.73 Å². The summed E-state index contributed by atoms with van der Waals surface area (Å²) in [7, 11) is 0. The molecule has 0 amide bonds. The molecule has 0 aromatic carbocycles. The van der Waals surface area contributed by atoms with Crippen LogP contribution in [0.5, 0.6) is 0 Å². The third-order valence-corrected chi connectivity index (χ3v) is 2.03. The largest absolute Gasteiger partial charge is 0.365 e. The molecule has 1 aromatic rings. The maximum atomic E-state index is 11.0. The van der Waals surface area contributed by atoms with E-state index in [0.717, 1.165) is 6.42 Å². The predicted octanol–water partition coefficient (Wildman–Crippen LogP) is -0.410. The number of aromatic amines is 1. The maximum Gasteiger partial charge on any atom is 0.252 e. The minimum Gasteiger partial charge on any atom is -0.365 e. The van der Waals surface area contributed by atoms with Crippen LogP contribution in [0.3, 0.4) is 0 Å². The van der Waals surface area contributed by atoms with Gasteiger partial charge < -0.3 is 16.0 Å². The van der Waals surface area contributed by atoms with Gasteiger partial charge in [0.15, 0.2) is 0 Å². The van der Waals surface area contributed by atoms with Crippen LogP contribution in [0.1, 0.15) is 12.2 Å². The SMILES string of the molecule is Cc1nc(NC2CC2N)cc(=O)[nH]1. The highest BCUT2D eigenvalue weighted by atomic mass is 16.1. The number of nitrogens with one attached hydrogen (secondary N) is 2. The minimum absolute atomic E-state index is 0.135. The van der Waals surface area contributed by atoms with Crippen molar-refractivity contribution in [2.75, 3.05) is 5.32 Å². The lowest BCUT2D eigenvalue weighted by molar-refractivity contribution is 0.965. The Labute approximate surface area is 75.4 Å². The first-order chi connectivity index (χ1) is 6.15. The van der Waals surface area contributed by atoms with Crippen molar-refractivity contribution >= 4 is 5.82 Å². The van der Waals surface area contributed by atoms with Gasteiger partial charge in [0.05, 0.1) is 0 Å². The number of aryl methyl sites for hydroxylation is 1. The van der Waals surface area contributed by atoms with Crippen LogP contribution >= 0.6 is 0 Å². The van der Waals surface area contributed by atoms with Gasteiger partial charge in [-0.25, -0.2) is 4.98 Å². The van der Waals surface area contributed by atoms with Crippen molar-refractivity contribution in [3.8, 4) is 0 Å². The molecule has 2 unspecified atom stereocenters. The van der Waals surface area contributed by atoms with E-state index in [1.165, 1.54) is 6.07 Å². The molecule has 0 spiro atoms. The number of aromatic nitrogens is 2. The summed E-state index contributed by atoms with van der Waals surface area (Å²) < 4.78 is 0. The molecule has 1 fully saturated rings. The van der Waals surface area contributed by atoms with E-state index >= 15 is 0 Å². The highest BCUT2D eigenvalue weighted by Crippen LogP contribution is 2.21. The lowest BCUT2D eigenvalue weighted by Crippen LogP contribution is -2.17. The Bertz CT molecular complexity index is 373. The van der Waals surface area contributed by atoms with Crippen LogP contribution in [0.4, 0.5) is 5.82 Å². The second-order valence-electron chi connectivity index (χ2n) is 3.37. The number of hydrogen-bond donors (Lipinski definition) is 3. The zero-order valence-corrected chi connectivity index (χ0v) is 7.37. The molecule has 0 bridgehead atoms. The monoisotopic (exact) mass is 180 g/mol. The topological polar surface area (TPSA) is 83.8 Å². The highest BCUT2D eigenvalue weighted by Gasteiger charge is 2.33. The van der Waals surface area contributed by atoms with Gasteiger partial charge in [-0.1, -0.05) is 0 Å². The minimum atomic E-state index is -0.135. The number of H-pyrrole nitrogens is 1. The molecule has 2 atom stereocenters. The lowest BCUT2D eigenvalue weighted by Gasteiger charge is -2.03. The average molecular weight is 180 g/mol. The van der Waals surface area contributed by atoms with Gasteiger partial charge in [-0.3, -0.25) is 4.79 Å². The fourth-order valence-electron chi connectivity index (χ4n) is 1.22. The van der Waals surface area contributed by atoms with Crippen LogP contribution in [0.2, 0.25) is 0 Å². The van der Waals surface area contributed by atoms with Gasteiger partial charge in [0.2, 0.25) is 0 Å². The second-order valence-corrected chi connectivity index (χ2v) is 3.37. The van der Waals surface area contributed by atoms with Crippen LogP contribution in [0, 0.1) is 6.92 Å². The van der Waals surface area contributed by atoms with E-state index in [1.54, 1.807) is 6.92 Å². The summed E-state index contributed by atoms with van der Waals surface area (Å²) >= 11 is 0. The zero-order chi connectivity index (χ0) is 9.42. The van der Waals surface area contributed by atoms with E-state index in [1.807, 2.05) is 0 Å². The first kappa shape index (κ1) is 8.25. The van der Waals surface area contributed by atoms with Crippen molar-refractivity contribution in [3.05, 3.63) is 22.2 Å². The predicted molar refractivity (Wildman–Crippen MR) is 49.6 cm³/mol. The van der Waals surface area contributed by atoms with Crippen LogP contribution in [0.25, 0.3) is 0 Å². The lowest BCUT2D eigenvalue weighted by atomic mass is 10.5. The zero-order valence-electron chi connectivity index (χ0n) is 7.37. The number of hydrogen-bond acceptors (Lipinski definition) is 4. The van der Waals surface area contributed by atoms with Gasteiger partial charge in [0.25, 0.3) is 5.56 Å². The molecule has 5 nitrogen and oxygen atoms in total. The molecule has 0 radical (unpaired) electrons. The van der Waals surface area contributed by atoms with Crippen LogP contribution in [-0.2, 0) is 0 Å². The average Bonchev–Trinajstić information content (AvgIpc) is 2.63. The summed E-state index contributed by atoms with van der Waals surface area (Å²) in [6, 6.07) is 1.94. The van der Waals surface area contributed by atoms with Crippen LogP contribution in [0.15, 0.2) is 10.9 Å².